The average molecular weight is 361 g/mol. The van der Waals surface area contributed by atoms with Crippen molar-refractivity contribution in [2.45, 2.75) is 10.1 Å². The van der Waals surface area contributed by atoms with Gasteiger partial charge in [0.25, 0.3) is 17.1 Å². The summed E-state index contributed by atoms with van der Waals surface area (Å²) in [6, 6.07) is 8.32. The number of aromatic nitrogens is 2. The third kappa shape index (κ3) is 3.10. The third-order valence-electron chi connectivity index (χ3n) is 3.21. The Morgan fingerprint density at radius 2 is 1.52 bits per heavy atom. The van der Waals surface area contributed by atoms with Crippen molar-refractivity contribution in [2.24, 2.45) is 0 Å². The van der Waals surface area contributed by atoms with Crippen molar-refractivity contribution < 1.29 is 14.8 Å². The summed E-state index contributed by atoms with van der Waals surface area (Å²) >= 11 is 0.671. The van der Waals surface area contributed by atoms with E-state index in [0.29, 0.717) is 34.9 Å². The van der Waals surface area contributed by atoms with Crippen LogP contribution in [0.5, 0.6) is 0 Å². The van der Waals surface area contributed by atoms with E-state index in [1.807, 2.05) is 0 Å². The Labute approximate surface area is 142 Å². The number of nitrogens with one attached hydrogen (secondary N) is 1. The van der Waals surface area contributed by atoms with Gasteiger partial charge in [-0.25, -0.2) is 4.98 Å². The van der Waals surface area contributed by atoms with Gasteiger partial charge in [-0.3, -0.25) is 30.3 Å². The number of nitro groups is 3. The summed E-state index contributed by atoms with van der Waals surface area (Å²) in [7, 11) is 0. The zero-order valence-corrected chi connectivity index (χ0v) is 12.9. The lowest BCUT2D eigenvalue weighted by Crippen LogP contribution is -2.00. The molecule has 0 unspecified atom stereocenters. The van der Waals surface area contributed by atoms with Crippen molar-refractivity contribution in [1.82, 2.24) is 9.97 Å². The monoisotopic (exact) mass is 361 g/mol. The lowest BCUT2D eigenvalue weighted by Gasteiger charge is -2.02. The van der Waals surface area contributed by atoms with E-state index in [-0.39, 0.29) is 10.1 Å². The number of fused-ring (bicyclic) bond motifs is 1. The highest BCUT2D eigenvalue weighted by atomic mass is 32.2. The molecule has 25 heavy (non-hydrogen) atoms. The Bertz CT molecular complexity index is 965. The first-order valence-corrected chi connectivity index (χ1v) is 7.42. The predicted octanol–water partition coefficient (Wildman–Crippen LogP) is 3.44. The average Bonchev–Trinajstić information content (AvgIpc) is 2.96. The van der Waals surface area contributed by atoms with Crippen molar-refractivity contribution >= 4 is 39.9 Å². The zero-order chi connectivity index (χ0) is 18.1. The molecule has 0 saturated heterocycles. The molecule has 0 atom stereocenters. The Kier molecular flexibility index (Phi) is 4.02. The van der Waals surface area contributed by atoms with Gasteiger partial charge in [0, 0.05) is 0 Å². The zero-order valence-electron chi connectivity index (χ0n) is 12.1. The lowest BCUT2D eigenvalue weighted by molar-refractivity contribution is -0.407. The fourth-order valence-corrected chi connectivity index (χ4v) is 3.11. The molecule has 0 spiro atoms. The predicted molar refractivity (Wildman–Crippen MR) is 86.6 cm³/mol. The highest BCUT2D eigenvalue weighted by molar-refractivity contribution is 7.99. The number of rotatable bonds is 5. The van der Waals surface area contributed by atoms with Gasteiger partial charge >= 0.3 is 0 Å². The standard InChI is InChI=1S/C13H7N5O6S/c19-16(20)7-5-10(17(21)22)12(11(6-7)18(23)24)25-13-14-8-3-1-2-4-9(8)15-13/h1-6H,(H,14,15). The number of H-pyrrole nitrogens is 1. The number of nitrogens with zero attached hydrogens (tertiary/aromatic N) is 4. The number of hydrogen-bond donors (Lipinski definition) is 1. The molecule has 12 heteroatoms. The van der Waals surface area contributed by atoms with Crippen molar-refractivity contribution in [2.75, 3.05) is 0 Å². The molecule has 0 fully saturated rings. The number of benzene rings is 2. The van der Waals surface area contributed by atoms with E-state index in [0.717, 1.165) is 0 Å². The largest absolute Gasteiger partial charge is 0.333 e. The van der Waals surface area contributed by atoms with Crippen LogP contribution in [0.15, 0.2) is 46.5 Å². The van der Waals surface area contributed by atoms with Gasteiger partial charge in [0.05, 0.1) is 37.9 Å². The second-order valence-electron chi connectivity index (χ2n) is 4.75. The van der Waals surface area contributed by atoms with E-state index >= 15 is 0 Å². The van der Waals surface area contributed by atoms with Crippen LogP contribution in [0.4, 0.5) is 17.1 Å². The third-order valence-corrected chi connectivity index (χ3v) is 4.21. The van der Waals surface area contributed by atoms with Crippen molar-refractivity contribution in [3.8, 4) is 0 Å². The summed E-state index contributed by atoms with van der Waals surface area (Å²) in [5.74, 6) is 0. The van der Waals surface area contributed by atoms with Crippen molar-refractivity contribution in [3.63, 3.8) is 0 Å². The maximum absolute atomic E-state index is 11.3. The molecule has 11 nitrogen and oxygen atoms in total. The number of imidazole rings is 1. The summed E-state index contributed by atoms with van der Waals surface area (Å²) in [5, 5.41) is 33.6. The highest BCUT2D eigenvalue weighted by Crippen LogP contribution is 2.43. The van der Waals surface area contributed by atoms with Crippen LogP contribution in [0.2, 0.25) is 0 Å². The van der Waals surface area contributed by atoms with Crippen LogP contribution in [0.1, 0.15) is 0 Å². The fourth-order valence-electron chi connectivity index (χ4n) is 2.14. The summed E-state index contributed by atoms with van der Waals surface area (Å²) < 4.78 is 0. The Morgan fingerprint density at radius 3 is 2.04 bits per heavy atom. The lowest BCUT2D eigenvalue weighted by atomic mass is 10.2. The van der Waals surface area contributed by atoms with Crippen LogP contribution in [-0.2, 0) is 0 Å². The van der Waals surface area contributed by atoms with Gasteiger partial charge in [-0.2, -0.15) is 0 Å². The molecular weight excluding hydrogens is 354 g/mol. The number of hydrogen-bond acceptors (Lipinski definition) is 8. The second-order valence-corrected chi connectivity index (χ2v) is 5.74. The molecule has 0 bridgehead atoms. The minimum Gasteiger partial charge on any atom is -0.333 e. The van der Waals surface area contributed by atoms with Gasteiger partial charge in [0.1, 0.15) is 0 Å². The van der Waals surface area contributed by atoms with Crippen LogP contribution < -0.4 is 0 Å². The Morgan fingerprint density at radius 1 is 0.920 bits per heavy atom. The molecule has 0 amide bonds. The molecule has 0 saturated carbocycles. The van der Waals surface area contributed by atoms with Gasteiger partial charge < -0.3 is 4.98 Å². The molecule has 0 aliphatic heterocycles. The van der Waals surface area contributed by atoms with E-state index in [4.69, 9.17) is 0 Å². The van der Waals surface area contributed by atoms with Crippen LogP contribution in [0, 0.1) is 30.3 Å². The molecule has 0 radical (unpaired) electrons. The van der Waals surface area contributed by atoms with Crippen molar-refractivity contribution in [3.05, 3.63) is 66.7 Å². The molecular formula is C13H7N5O6S. The molecule has 1 aromatic heterocycles. The van der Waals surface area contributed by atoms with Gasteiger partial charge in [0.15, 0.2) is 10.1 Å². The van der Waals surface area contributed by atoms with E-state index in [2.05, 4.69) is 9.97 Å². The first-order chi connectivity index (χ1) is 11.9. The maximum Gasteiger partial charge on any atom is 0.297 e. The number of para-hydroxylation sites is 2. The molecule has 2 aromatic carbocycles. The van der Waals surface area contributed by atoms with E-state index in [1.54, 1.807) is 24.3 Å². The second kappa shape index (κ2) is 6.16. The molecule has 1 heterocycles. The van der Waals surface area contributed by atoms with E-state index in [9.17, 15) is 30.3 Å². The SMILES string of the molecule is O=[N+]([O-])c1cc([N+](=O)[O-])c(Sc2nc3ccccc3[nH]2)c([N+](=O)[O-])c1. The molecule has 1 N–H and O–H groups in total. The molecule has 3 rings (SSSR count). The highest BCUT2D eigenvalue weighted by Gasteiger charge is 2.31. The fraction of sp³-hybridized carbons (Fsp3) is 0. The van der Waals surface area contributed by atoms with Crippen molar-refractivity contribution in [1.29, 1.82) is 0 Å². The van der Waals surface area contributed by atoms with E-state index < -0.39 is 31.8 Å². The first kappa shape index (κ1) is 16.3. The van der Waals surface area contributed by atoms with Crippen LogP contribution in [-0.4, -0.2) is 24.7 Å². The molecule has 0 aliphatic rings. The van der Waals surface area contributed by atoms with Crippen LogP contribution in [0.3, 0.4) is 0 Å². The Balaban J connectivity index is 2.17. The minimum absolute atomic E-state index is 0.196. The summed E-state index contributed by atoms with van der Waals surface area (Å²) in [6.45, 7) is 0. The number of nitro benzene ring substituents is 3. The smallest absolute Gasteiger partial charge is 0.297 e. The molecule has 3 aromatic rings. The van der Waals surface area contributed by atoms with Gasteiger partial charge in [-0.05, 0) is 23.9 Å². The van der Waals surface area contributed by atoms with Crippen LogP contribution in [0.25, 0.3) is 11.0 Å². The van der Waals surface area contributed by atoms with E-state index in [1.165, 1.54) is 0 Å². The number of non-ortho nitro benzene ring substituents is 1. The minimum atomic E-state index is -0.921. The molecule has 126 valence electrons. The van der Waals surface area contributed by atoms with Crippen LogP contribution >= 0.6 is 11.8 Å². The summed E-state index contributed by atoms with van der Waals surface area (Å²) in [5.41, 5.74) is -0.959. The van der Waals surface area contributed by atoms with Gasteiger partial charge in [0.2, 0.25) is 0 Å². The summed E-state index contributed by atoms with van der Waals surface area (Å²) in [6.07, 6.45) is 0. The number of aromatic amines is 1. The van der Waals surface area contributed by atoms with Gasteiger partial charge in [-0.1, -0.05) is 12.1 Å². The first-order valence-electron chi connectivity index (χ1n) is 6.60. The normalized spacial score (nSPS) is 10.7. The quantitative estimate of drug-likeness (QED) is 0.534. The molecule has 0 aliphatic carbocycles. The van der Waals surface area contributed by atoms with Gasteiger partial charge in [-0.15, -0.1) is 0 Å². The topological polar surface area (TPSA) is 158 Å². The Hall–Kier alpha value is -3.54. The summed E-state index contributed by atoms with van der Waals surface area (Å²) in [4.78, 5) is 37.4. The maximum atomic E-state index is 11.3.